The van der Waals surface area contributed by atoms with Crippen LogP contribution in [-0.2, 0) is 16.1 Å². The smallest absolute Gasteiger partial charge is 0.407 e. The molecule has 0 radical (unpaired) electrons. The molecule has 1 aromatic carbocycles. The van der Waals surface area contributed by atoms with Gasteiger partial charge >= 0.3 is 6.09 Å². The molecule has 1 aromatic rings. The molecule has 0 aliphatic heterocycles. The first kappa shape index (κ1) is 19.1. The highest BCUT2D eigenvalue weighted by Crippen LogP contribution is 2.15. The van der Waals surface area contributed by atoms with Crippen molar-refractivity contribution in [3.05, 3.63) is 35.9 Å². The van der Waals surface area contributed by atoms with E-state index in [1.165, 1.54) is 0 Å². The Morgan fingerprint density at radius 1 is 1.26 bits per heavy atom. The van der Waals surface area contributed by atoms with E-state index in [4.69, 9.17) is 15.9 Å². The predicted molar refractivity (Wildman–Crippen MR) is 91.8 cm³/mol. The summed E-state index contributed by atoms with van der Waals surface area (Å²) in [5.41, 5.74) is 0.549. The lowest BCUT2D eigenvalue weighted by atomic mass is 9.96. The number of ether oxygens (including phenoxy) is 2. The van der Waals surface area contributed by atoms with Crippen molar-refractivity contribution in [2.75, 3.05) is 0 Å². The highest BCUT2D eigenvalue weighted by atomic mass is 16.6. The first-order chi connectivity index (χ1) is 10.7. The molecular formula is C19H27NO3. The van der Waals surface area contributed by atoms with Crippen molar-refractivity contribution in [1.29, 1.82) is 0 Å². The number of hydrogen-bond donors (Lipinski definition) is 1. The minimum absolute atomic E-state index is 0.190. The zero-order valence-corrected chi connectivity index (χ0v) is 14.6. The summed E-state index contributed by atoms with van der Waals surface area (Å²) in [7, 11) is 0. The number of terminal acetylenes is 1. The van der Waals surface area contributed by atoms with Crippen LogP contribution in [0.3, 0.4) is 0 Å². The van der Waals surface area contributed by atoms with Gasteiger partial charge in [0.1, 0.15) is 5.60 Å². The van der Waals surface area contributed by atoms with E-state index in [0.29, 0.717) is 6.61 Å². The molecule has 23 heavy (non-hydrogen) atoms. The molecule has 0 heterocycles. The Morgan fingerprint density at radius 3 is 2.39 bits per heavy atom. The Morgan fingerprint density at radius 2 is 1.87 bits per heavy atom. The normalized spacial score (nSPS) is 15.1. The maximum Gasteiger partial charge on any atom is 0.407 e. The molecule has 0 aliphatic rings. The van der Waals surface area contributed by atoms with E-state index in [2.05, 4.69) is 11.2 Å². The lowest BCUT2D eigenvalue weighted by Crippen LogP contribution is -2.44. The summed E-state index contributed by atoms with van der Waals surface area (Å²) in [6.07, 6.45) is 4.96. The summed E-state index contributed by atoms with van der Waals surface area (Å²) in [5.74, 6) is 2.47. The van der Waals surface area contributed by atoms with Crippen LogP contribution < -0.4 is 5.32 Å². The maximum atomic E-state index is 11.8. The Balaban J connectivity index is 2.53. The molecule has 0 aromatic heterocycles. The lowest BCUT2D eigenvalue weighted by molar-refractivity contribution is 0.0161. The Bertz CT molecular complexity index is 528. The second-order valence-corrected chi connectivity index (χ2v) is 6.63. The summed E-state index contributed by atoms with van der Waals surface area (Å²) in [6, 6.07) is 9.65. The SMILES string of the molecule is C#C[C@@H]([C@@H](C)NC(=O)OC(C)(C)C)[C@@H](C)OCc1ccccc1. The summed E-state index contributed by atoms with van der Waals surface area (Å²) < 4.78 is 11.1. The molecule has 1 amide bonds. The fraction of sp³-hybridized carbons (Fsp3) is 0.526. The van der Waals surface area contributed by atoms with Crippen molar-refractivity contribution in [3.8, 4) is 12.3 Å². The van der Waals surface area contributed by atoms with Crippen LogP contribution in [0.4, 0.5) is 4.79 Å². The second kappa shape index (κ2) is 8.59. The summed E-state index contributed by atoms with van der Waals surface area (Å²) in [5, 5.41) is 2.78. The lowest BCUT2D eigenvalue weighted by Gasteiger charge is -2.27. The molecule has 0 spiro atoms. The number of benzene rings is 1. The second-order valence-electron chi connectivity index (χ2n) is 6.63. The van der Waals surface area contributed by atoms with E-state index in [0.717, 1.165) is 5.56 Å². The Labute approximate surface area is 139 Å². The Hall–Kier alpha value is -1.99. The van der Waals surface area contributed by atoms with Gasteiger partial charge < -0.3 is 14.8 Å². The van der Waals surface area contributed by atoms with Gasteiger partial charge in [0, 0.05) is 6.04 Å². The van der Waals surface area contributed by atoms with Gasteiger partial charge in [-0.3, -0.25) is 0 Å². The molecule has 0 fully saturated rings. The van der Waals surface area contributed by atoms with Crippen LogP contribution in [0.25, 0.3) is 0 Å². The van der Waals surface area contributed by atoms with E-state index >= 15 is 0 Å². The van der Waals surface area contributed by atoms with Crippen LogP contribution in [0.15, 0.2) is 30.3 Å². The van der Waals surface area contributed by atoms with Crippen LogP contribution in [0.5, 0.6) is 0 Å². The molecule has 0 aliphatic carbocycles. The minimum atomic E-state index is -0.537. The maximum absolute atomic E-state index is 11.8. The highest BCUT2D eigenvalue weighted by Gasteiger charge is 2.26. The molecule has 0 saturated heterocycles. The van der Waals surface area contributed by atoms with E-state index in [1.807, 2.05) is 65.0 Å². The first-order valence-corrected chi connectivity index (χ1v) is 7.84. The molecule has 1 rings (SSSR count). The number of carbonyl (C=O) groups is 1. The van der Waals surface area contributed by atoms with Gasteiger partial charge in [-0.15, -0.1) is 6.42 Å². The molecule has 0 saturated carbocycles. The highest BCUT2D eigenvalue weighted by molar-refractivity contribution is 5.68. The van der Waals surface area contributed by atoms with Gasteiger partial charge in [0.05, 0.1) is 18.6 Å². The van der Waals surface area contributed by atoms with Crippen molar-refractivity contribution >= 4 is 6.09 Å². The van der Waals surface area contributed by atoms with E-state index in [-0.39, 0.29) is 18.1 Å². The van der Waals surface area contributed by atoms with Gasteiger partial charge in [-0.25, -0.2) is 4.79 Å². The quantitative estimate of drug-likeness (QED) is 0.813. The molecule has 4 heteroatoms. The molecule has 1 N–H and O–H groups in total. The van der Waals surface area contributed by atoms with Crippen LogP contribution in [0.1, 0.15) is 40.2 Å². The van der Waals surface area contributed by atoms with Crippen molar-refractivity contribution < 1.29 is 14.3 Å². The topological polar surface area (TPSA) is 47.6 Å². The van der Waals surface area contributed by atoms with Crippen molar-refractivity contribution in [3.63, 3.8) is 0 Å². The van der Waals surface area contributed by atoms with Crippen LogP contribution in [-0.4, -0.2) is 23.8 Å². The van der Waals surface area contributed by atoms with Gasteiger partial charge in [0.25, 0.3) is 0 Å². The molecule has 4 nitrogen and oxygen atoms in total. The van der Waals surface area contributed by atoms with Crippen LogP contribution >= 0.6 is 0 Å². The molecule has 0 bridgehead atoms. The van der Waals surface area contributed by atoms with Gasteiger partial charge in [0.15, 0.2) is 0 Å². The summed E-state index contributed by atoms with van der Waals surface area (Å²) in [6.45, 7) is 9.72. The van der Waals surface area contributed by atoms with E-state index in [1.54, 1.807) is 0 Å². The van der Waals surface area contributed by atoms with Crippen molar-refractivity contribution in [2.45, 2.75) is 59.0 Å². The zero-order valence-electron chi connectivity index (χ0n) is 14.6. The molecule has 0 unspecified atom stereocenters. The standard InChI is InChI=1S/C19H27NO3/c1-7-17(14(2)20-18(21)23-19(4,5)6)15(3)22-13-16-11-9-8-10-12-16/h1,8-12,14-15,17H,13H2,2-6H3,(H,20,21)/t14-,15-,17+/m1/s1. The average Bonchev–Trinajstić information content (AvgIpc) is 2.44. The predicted octanol–water partition coefficient (Wildman–Crippen LogP) is 3.75. The first-order valence-electron chi connectivity index (χ1n) is 7.84. The van der Waals surface area contributed by atoms with E-state index in [9.17, 15) is 4.79 Å². The monoisotopic (exact) mass is 317 g/mol. The van der Waals surface area contributed by atoms with E-state index < -0.39 is 11.7 Å². The minimum Gasteiger partial charge on any atom is -0.444 e. The summed E-state index contributed by atoms with van der Waals surface area (Å²) in [4.78, 5) is 11.8. The molecule has 126 valence electrons. The van der Waals surface area contributed by atoms with Gasteiger partial charge in [-0.2, -0.15) is 0 Å². The third-order valence-electron chi connectivity index (χ3n) is 3.34. The van der Waals surface area contributed by atoms with Crippen LogP contribution in [0.2, 0.25) is 0 Å². The Kier molecular flexibility index (Phi) is 7.12. The molecular weight excluding hydrogens is 290 g/mol. The largest absolute Gasteiger partial charge is 0.444 e. The molecule has 3 atom stereocenters. The fourth-order valence-corrected chi connectivity index (χ4v) is 2.18. The number of alkyl carbamates (subject to hydrolysis) is 1. The van der Waals surface area contributed by atoms with Crippen molar-refractivity contribution in [2.24, 2.45) is 5.92 Å². The number of amides is 1. The van der Waals surface area contributed by atoms with Crippen LogP contribution in [0, 0.1) is 18.3 Å². The third-order valence-corrected chi connectivity index (χ3v) is 3.34. The number of rotatable bonds is 6. The summed E-state index contributed by atoms with van der Waals surface area (Å²) >= 11 is 0. The third kappa shape index (κ3) is 7.21. The van der Waals surface area contributed by atoms with Crippen molar-refractivity contribution in [1.82, 2.24) is 5.32 Å². The van der Waals surface area contributed by atoms with Gasteiger partial charge in [-0.1, -0.05) is 36.3 Å². The zero-order chi connectivity index (χ0) is 17.5. The van der Waals surface area contributed by atoms with Gasteiger partial charge in [0.2, 0.25) is 0 Å². The fourth-order valence-electron chi connectivity index (χ4n) is 2.18. The number of hydrogen-bond acceptors (Lipinski definition) is 3. The number of nitrogens with one attached hydrogen (secondary N) is 1. The number of carbonyl (C=O) groups excluding carboxylic acids is 1. The van der Waals surface area contributed by atoms with Gasteiger partial charge in [-0.05, 0) is 40.2 Å². The average molecular weight is 317 g/mol.